The first kappa shape index (κ1) is 13.9. The molecular weight excluding hydrogens is 224 g/mol. The predicted molar refractivity (Wildman–Crippen MR) is 66.6 cm³/mol. The van der Waals surface area contributed by atoms with E-state index in [4.69, 9.17) is 5.73 Å². The minimum absolute atomic E-state index is 0.198. The zero-order chi connectivity index (χ0) is 12.2. The van der Waals surface area contributed by atoms with E-state index in [1.165, 1.54) is 6.42 Å². The first-order valence-electron chi connectivity index (χ1n) is 6.15. The third-order valence-electron chi connectivity index (χ3n) is 3.33. The highest BCUT2D eigenvalue weighted by atomic mass is 32.2. The van der Waals surface area contributed by atoms with E-state index >= 15 is 0 Å². The van der Waals surface area contributed by atoms with Gasteiger partial charge in [-0.1, -0.05) is 26.7 Å². The second-order valence-electron chi connectivity index (χ2n) is 5.11. The van der Waals surface area contributed by atoms with Crippen molar-refractivity contribution >= 4 is 10.0 Å². The van der Waals surface area contributed by atoms with Gasteiger partial charge < -0.3 is 5.73 Å². The smallest absolute Gasteiger partial charge is 0.212 e. The van der Waals surface area contributed by atoms with Crippen molar-refractivity contribution < 1.29 is 8.42 Å². The summed E-state index contributed by atoms with van der Waals surface area (Å²) in [6, 6.07) is 0. The van der Waals surface area contributed by atoms with Crippen LogP contribution in [0.5, 0.6) is 0 Å². The van der Waals surface area contributed by atoms with Gasteiger partial charge in [0.15, 0.2) is 0 Å². The predicted octanol–water partition coefficient (Wildman–Crippen LogP) is 1.22. The number of nitrogens with one attached hydrogen (secondary N) is 1. The Labute approximate surface area is 99.0 Å². The fraction of sp³-hybridized carbons (Fsp3) is 1.00. The van der Waals surface area contributed by atoms with Crippen LogP contribution in [0.15, 0.2) is 0 Å². The van der Waals surface area contributed by atoms with Crippen LogP contribution in [0.2, 0.25) is 0 Å². The Bertz CT molecular complexity index is 316. The van der Waals surface area contributed by atoms with Gasteiger partial charge >= 0.3 is 0 Å². The lowest BCUT2D eigenvalue weighted by molar-refractivity contribution is 0.223. The van der Waals surface area contributed by atoms with Crippen LogP contribution in [-0.4, -0.2) is 26.3 Å². The van der Waals surface area contributed by atoms with Crippen molar-refractivity contribution in [2.45, 2.75) is 51.5 Å². The Hall–Kier alpha value is -0.130. The third kappa shape index (κ3) is 3.71. The SMILES string of the molecule is CCCS(=O)(=O)NC1(CN)CCCC(C)C1. The molecule has 2 unspecified atom stereocenters. The van der Waals surface area contributed by atoms with E-state index in [2.05, 4.69) is 11.6 Å². The van der Waals surface area contributed by atoms with Gasteiger partial charge in [-0.15, -0.1) is 0 Å². The van der Waals surface area contributed by atoms with Crippen molar-refractivity contribution in [3.05, 3.63) is 0 Å². The molecule has 0 aromatic heterocycles. The van der Waals surface area contributed by atoms with E-state index in [1.54, 1.807) is 0 Å². The molecule has 0 radical (unpaired) electrons. The molecule has 0 aliphatic heterocycles. The minimum atomic E-state index is -3.16. The normalized spacial score (nSPS) is 31.6. The zero-order valence-corrected chi connectivity index (χ0v) is 11.1. The minimum Gasteiger partial charge on any atom is -0.329 e. The molecule has 3 N–H and O–H groups in total. The van der Waals surface area contributed by atoms with Gasteiger partial charge in [0.1, 0.15) is 0 Å². The summed E-state index contributed by atoms with van der Waals surface area (Å²) in [6.07, 6.45) is 4.62. The van der Waals surface area contributed by atoms with Crippen molar-refractivity contribution in [2.24, 2.45) is 11.7 Å². The topological polar surface area (TPSA) is 72.2 Å². The standard InChI is InChI=1S/C11H24N2O2S/c1-3-7-16(14,15)13-11(9-12)6-4-5-10(2)8-11/h10,13H,3-9,12H2,1-2H3. The fourth-order valence-electron chi connectivity index (χ4n) is 2.63. The maximum atomic E-state index is 11.8. The Morgan fingerprint density at radius 1 is 1.50 bits per heavy atom. The Kier molecular flexibility index (Phi) is 4.76. The second kappa shape index (κ2) is 5.47. The summed E-state index contributed by atoms with van der Waals surface area (Å²) in [5.74, 6) is 0.755. The molecule has 1 rings (SSSR count). The van der Waals surface area contributed by atoms with Crippen LogP contribution in [0.25, 0.3) is 0 Å². The first-order valence-corrected chi connectivity index (χ1v) is 7.80. The van der Waals surface area contributed by atoms with Crippen molar-refractivity contribution in [2.75, 3.05) is 12.3 Å². The quantitative estimate of drug-likeness (QED) is 0.768. The van der Waals surface area contributed by atoms with E-state index in [0.717, 1.165) is 19.3 Å². The number of sulfonamides is 1. The molecule has 96 valence electrons. The van der Waals surface area contributed by atoms with Gasteiger partial charge in [0.25, 0.3) is 0 Å². The summed E-state index contributed by atoms with van der Waals surface area (Å²) in [6.45, 7) is 4.44. The summed E-state index contributed by atoms with van der Waals surface area (Å²) in [5.41, 5.74) is 5.39. The van der Waals surface area contributed by atoms with Gasteiger partial charge in [-0.3, -0.25) is 0 Å². The fourth-order valence-corrected chi connectivity index (χ4v) is 4.20. The molecule has 1 saturated carbocycles. The van der Waals surface area contributed by atoms with E-state index in [-0.39, 0.29) is 11.3 Å². The van der Waals surface area contributed by atoms with Crippen molar-refractivity contribution in [3.63, 3.8) is 0 Å². The number of hydrogen-bond donors (Lipinski definition) is 2. The number of nitrogens with two attached hydrogens (primary N) is 1. The summed E-state index contributed by atoms with van der Waals surface area (Å²) >= 11 is 0. The average Bonchev–Trinajstić information content (AvgIpc) is 2.16. The molecule has 0 spiro atoms. The van der Waals surface area contributed by atoms with E-state index in [1.807, 2.05) is 6.92 Å². The van der Waals surface area contributed by atoms with Crippen LogP contribution in [0, 0.1) is 5.92 Å². The Balaban J connectivity index is 2.73. The lowest BCUT2D eigenvalue weighted by Gasteiger charge is -2.39. The molecule has 1 fully saturated rings. The number of hydrogen-bond acceptors (Lipinski definition) is 3. The third-order valence-corrected chi connectivity index (χ3v) is 5.02. The van der Waals surface area contributed by atoms with Crippen molar-refractivity contribution in [1.29, 1.82) is 0 Å². The Morgan fingerprint density at radius 2 is 2.19 bits per heavy atom. The highest BCUT2D eigenvalue weighted by molar-refractivity contribution is 7.89. The van der Waals surface area contributed by atoms with Crippen LogP contribution >= 0.6 is 0 Å². The van der Waals surface area contributed by atoms with Crippen LogP contribution in [0.3, 0.4) is 0 Å². The molecule has 0 aromatic carbocycles. The van der Waals surface area contributed by atoms with Gasteiger partial charge in [-0.25, -0.2) is 13.1 Å². The van der Waals surface area contributed by atoms with Crippen LogP contribution in [-0.2, 0) is 10.0 Å². The van der Waals surface area contributed by atoms with Crippen molar-refractivity contribution in [3.8, 4) is 0 Å². The maximum absolute atomic E-state index is 11.8. The van der Waals surface area contributed by atoms with Gasteiger partial charge in [0.05, 0.1) is 5.75 Å². The van der Waals surface area contributed by atoms with Crippen LogP contribution < -0.4 is 10.5 Å². The summed E-state index contributed by atoms with van der Waals surface area (Å²) in [5, 5.41) is 0. The van der Waals surface area contributed by atoms with E-state index in [0.29, 0.717) is 18.9 Å². The van der Waals surface area contributed by atoms with E-state index in [9.17, 15) is 8.42 Å². The van der Waals surface area contributed by atoms with E-state index < -0.39 is 10.0 Å². The molecule has 5 heteroatoms. The monoisotopic (exact) mass is 248 g/mol. The van der Waals surface area contributed by atoms with Crippen molar-refractivity contribution in [1.82, 2.24) is 4.72 Å². The molecule has 0 aromatic rings. The van der Waals surface area contributed by atoms with Gasteiger partial charge in [0.2, 0.25) is 10.0 Å². The number of rotatable bonds is 5. The molecule has 0 amide bonds. The Morgan fingerprint density at radius 3 is 2.69 bits per heavy atom. The summed E-state index contributed by atoms with van der Waals surface area (Å²) in [7, 11) is -3.16. The molecular formula is C11H24N2O2S. The van der Waals surface area contributed by atoms with Crippen LogP contribution in [0.4, 0.5) is 0 Å². The molecule has 4 nitrogen and oxygen atoms in total. The lowest BCUT2D eigenvalue weighted by atomic mass is 9.77. The largest absolute Gasteiger partial charge is 0.329 e. The summed E-state index contributed by atoms with van der Waals surface area (Å²) in [4.78, 5) is 0. The maximum Gasteiger partial charge on any atom is 0.212 e. The van der Waals surface area contributed by atoms with Crippen LogP contribution in [0.1, 0.15) is 46.0 Å². The zero-order valence-electron chi connectivity index (χ0n) is 10.3. The molecule has 0 saturated heterocycles. The van der Waals surface area contributed by atoms with Gasteiger partial charge in [0, 0.05) is 12.1 Å². The molecule has 1 aliphatic carbocycles. The average molecular weight is 248 g/mol. The molecule has 16 heavy (non-hydrogen) atoms. The lowest BCUT2D eigenvalue weighted by Crippen LogP contribution is -2.56. The molecule has 1 aliphatic rings. The van der Waals surface area contributed by atoms with Gasteiger partial charge in [-0.2, -0.15) is 0 Å². The van der Waals surface area contributed by atoms with Gasteiger partial charge in [-0.05, 0) is 25.2 Å². The second-order valence-corrected chi connectivity index (χ2v) is 6.95. The molecule has 0 bridgehead atoms. The highest BCUT2D eigenvalue weighted by Crippen LogP contribution is 2.32. The molecule has 2 atom stereocenters. The molecule has 0 heterocycles. The highest BCUT2D eigenvalue weighted by Gasteiger charge is 2.36. The summed E-state index contributed by atoms with van der Waals surface area (Å²) < 4.78 is 26.4. The first-order chi connectivity index (χ1) is 7.43.